The first kappa shape index (κ1) is 15.5. The van der Waals surface area contributed by atoms with E-state index in [-0.39, 0.29) is 11.4 Å². The molecule has 0 radical (unpaired) electrons. The third-order valence-corrected chi connectivity index (χ3v) is 3.93. The van der Waals surface area contributed by atoms with Gasteiger partial charge >= 0.3 is 5.97 Å². The van der Waals surface area contributed by atoms with Crippen molar-refractivity contribution in [3.63, 3.8) is 0 Å². The van der Waals surface area contributed by atoms with Gasteiger partial charge in [-0.25, -0.2) is 4.79 Å². The summed E-state index contributed by atoms with van der Waals surface area (Å²) in [6.45, 7) is 8.50. The number of carboxylic acid groups (broad SMARTS) is 1. The van der Waals surface area contributed by atoms with Crippen LogP contribution >= 0.6 is 0 Å². The second kappa shape index (κ2) is 5.50. The molecule has 2 heterocycles. The summed E-state index contributed by atoms with van der Waals surface area (Å²) in [6.07, 6.45) is 4.56. The van der Waals surface area contributed by atoms with E-state index in [0.29, 0.717) is 24.4 Å². The molecule has 1 aromatic rings. The van der Waals surface area contributed by atoms with Crippen molar-refractivity contribution in [2.24, 2.45) is 5.92 Å². The number of carboxylic acids is 1. The van der Waals surface area contributed by atoms with Gasteiger partial charge in [-0.2, -0.15) is 5.10 Å². The lowest BCUT2D eigenvalue weighted by atomic mass is 9.92. The maximum atomic E-state index is 12.6. The Morgan fingerprint density at radius 2 is 2.05 bits per heavy atom. The summed E-state index contributed by atoms with van der Waals surface area (Å²) in [5.41, 5.74) is 0.243. The fourth-order valence-electron chi connectivity index (χ4n) is 2.58. The van der Waals surface area contributed by atoms with Gasteiger partial charge in [-0.15, -0.1) is 0 Å². The van der Waals surface area contributed by atoms with Gasteiger partial charge in [0.2, 0.25) is 0 Å². The summed E-state index contributed by atoms with van der Waals surface area (Å²) < 4.78 is 1.72. The van der Waals surface area contributed by atoms with Gasteiger partial charge in [-0.1, -0.05) is 6.92 Å². The van der Waals surface area contributed by atoms with Crippen molar-refractivity contribution in [3.05, 3.63) is 18.0 Å². The molecule has 0 bridgehead atoms. The molecule has 6 heteroatoms. The van der Waals surface area contributed by atoms with Gasteiger partial charge in [0.25, 0.3) is 5.91 Å². The van der Waals surface area contributed by atoms with Crippen LogP contribution in [-0.2, 0) is 10.3 Å². The molecule has 0 spiro atoms. The maximum absolute atomic E-state index is 12.6. The van der Waals surface area contributed by atoms with E-state index in [1.54, 1.807) is 10.9 Å². The number of amides is 1. The van der Waals surface area contributed by atoms with Gasteiger partial charge in [0.1, 0.15) is 6.04 Å². The minimum Gasteiger partial charge on any atom is -0.480 e. The molecule has 1 aliphatic rings. The Hall–Kier alpha value is -1.85. The van der Waals surface area contributed by atoms with Gasteiger partial charge in [0.15, 0.2) is 0 Å². The van der Waals surface area contributed by atoms with E-state index in [9.17, 15) is 14.7 Å². The zero-order valence-corrected chi connectivity index (χ0v) is 13.0. The first-order chi connectivity index (χ1) is 9.70. The maximum Gasteiger partial charge on any atom is 0.326 e. The van der Waals surface area contributed by atoms with Gasteiger partial charge in [-0.3, -0.25) is 9.48 Å². The first-order valence-corrected chi connectivity index (χ1v) is 7.29. The minimum atomic E-state index is -0.932. The summed E-state index contributed by atoms with van der Waals surface area (Å²) in [4.78, 5) is 25.4. The monoisotopic (exact) mass is 293 g/mol. The van der Waals surface area contributed by atoms with Crippen molar-refractivity contribution < 1.29 is 14.7 Å². The topological polar surface area (TPSA) is 75.4 Å². The van der Waals surface area contributed by atoms with Crippen molar-refractivity contribution in [3.8, 4) is 0 Å². The molecule has 2 rings (SSSR count). The molecule has 6 nitrogen and oxygen atoms in total. The van der Waals surface area contributed by atoms with Crippen LogP contribution in [0.4, 0.5) is 0 Å². The number of rotatable bonds is 2. The van der Waals surface area contributed by atoms with Crippen LogP contribution in [0, 0.1) is 5.92 Å². The highest BCUT2D eigenvalue weighted by Crippen LogP contribution is 2.25. The number of nitrogens with zero attached hydrogens (tertiary/aromatic N) is 3. The van der Waals surface area contributed by atoms with Crippen LogP contribution in [0.2, 0.25) is 0 Å². The van der Waals surface area contributed by atoms with Crippen molar-refractivity contribution in [1.82, 2.24) is 14.7 Å². The fourth-order valence-corrected chi connectivity index (χ4v) is 2.58. The summed E-state index contributed by atoms with van der Waals surface area (Å²) in [6, 6.07) is -0.737. The molecule has 2 unspecified atom stereocenters. The summed E-state index contributed by atoms with van der Waals surface area (Å²) in [5.74, 6) is -0.852. The Morgan fingerprint density at radius 3 is 2.57 bits per heavy atom. The third-order valence-electron chi connectivity index (χ3n) is 3.93. The molecule has 1 aliphatic heterocycles. The smallest absolute Gasteiger partial charge is 0.326 e. The quantitative estimate of drug-likeness (QED) is 0.904. The fraction of sp³-hybridized carbons (Fsp3) is 0.667. The van der Waals surface area contributed by atoms with E-state index in [0.717, 1.165) is 6.42 Å². The molecule has 1 N–H and O–H groups in total. The average Bonchev–Trinajstić information content (AvgIpc) is 2.87. The molecular weight excluding hydrogens is 270 g/mol. The van der Waals surface area contributed by atoms with Crippen molar-refractivity contribution >= 4 is 11.9 Å². The highest BCUT2D eigenvalue weighted by molar-refractivity contribution is 5.96. The molecule has 21 heavy (non-hydrogen) atoms. The minimum absolute atomic E-state index is 0.207. The summed E-state index contributed by atoms with van der Waals surface area (Å²) in [7, 11) is 0. The lowest BCUT2D eigenvalue weighted by Gasteiger charge is -2.35. The number of hydrogen-bond acceptors (Lipinski definition) is 3. The molecule has 116 valence electrons. The van der Waals surface area contributed by atoms with Crippen LogP contribution in [0.3, 0.4) is 0 Å². The SMILES string of the molecule is CC1CCN(C(=O)c2cnn(C(C)(C)C)c2)C(C(=O)O)C1. The zero-order chi connectivity index (χ0) is 15.8. The van der Waals surface area contributed by atoms with Crippen molar-refractivity contribution in [1.29, 1.82) is 0 Å². The van der Waals surface area contributed by atoms with E-state index in [1.165, 1.54) is 11.1 Å². The van der Waals surface area contributed by atoms with Crippen LogP contribution in [-0.4, -0.2) is 44.3 Å². The van der Waals surface area contributed by atoms with E-state index >= 15 is 0 Å². The molecule has 1 amide bonds. The van der Waals surface area contributed by atoms with Gasteiger partial charge < -0.3 is 10.0 Å². The lowest BCUT2D eigenvalue weighted by molar-refractivity contribution is -0.144. The number of hydrogen-bond donors (Lipinski definition) is 1. The molecule has 1 saturated heterocycles. The van der Waals surface area contributed by atoms with Crippen LogP contribution in [0.5, 0.6) is 0 Å². The Balaban J connectivity index is 2.22. The Morgan fingerprint density at radius 1 is 1.38 bits per heavy atom. The largest absolute Gasteiger partial charge is 0.480 e. The third kappa shape index (κ3) is 3.25. The lowest BCUT2D eigenvalue weighted by Crippen LogP contribution is -2.49. The van der Waals surface area contributed by atoms with E-state index < -0.39 is 12.0 Å². The van der Waals surface area contributed by atoms with E-state index in [4.69, 9.17) is 0 Å². The van der Waals surface area contributed by atoms with Crippen molar-refractivity contribution in [2.45, 2.75) is 52.1 Å². The van der Waals surface area contributed by atoms with Gasteiger partial charge in [-0.05, 0) is 39.5 Å². The highest BCUT2D eigenvalue weighted by atomic mass is 16.4. The molecule has 0 saturated carbocycles. The summed E-state index contributed by atoms with van der Waals surface area (Å²) in [5, 5.41) is 13.6. The molecule has 0 aliphatic carbocycles. The second-order valence-corrected chi connectivity index (χ2v) is 6.83. The number of aromatic nitrogens is 2. The number of carbonyl (C=O) groups is 2. The van der Waals surface area contributed by atoms with E-state index in [2.05, 4.69) is 5.10 Å². The standard InChI is InChI=1S/C15H23N3O3/c1-10-5-6-17(12(7-10)14(20)21)13(19)11-8-16-18(9-11)15(2,3)4/h8-10,12H,5-7H2,1-4H3,(H,20,21). The molecule has 1 fully saturated rings. The second-order valence-electron chi connectivity index (χ2n) is 6.83. The number of likely N-dealkylation sites (tertiary alicyclic amines) is 1. The normalized spacial score (nSPS) is 23.1. The highest BCUT2D eigenvalue weighted by Gasteiger charge is 2.35. The zero-order valence-electron chi connectivity index (χ0n) is 13.0. The predicted molar refractivity (Wildman–Crippen MR) is 78.1 cm³/mol. The average molecular weight is 293 g/mol. The van der Waals surface area contributed by atoms with Gasteiger partial charge in [0.05, 0.1) is 17.3 Å². The molecular formula is C15H23N3O3. The number of carbonyl (C=O) groups excluding carboxylic acids is 1. The molecule has 2 atom stereocenters. The van der Waals surface area contributed by atoms with Crippen LogP contribution < -0.4 is 0 Å². The van der Waals surface area contributed by atoms with Crippen LogP contribution in [0.1, 0.15) is 50.9 Å². The molecule has 1 aromatic heterocycles. The van der Waals surface area contributed by atoms with E-state index in [1.807, 2.05) is 27.7 Å². The predicted octanol–water partition coefficient (Wildman–Crippen LogP) is 1.96. The molecule has 0 aromatic carbocycles. The summed E-state index contributed by atoms with van der Waals surface area (Å²) >= 11 is 0. The number of piperidine rings is 1. The Labute approximate surface area is 124 Å². The Bertz CT molecular complexity index is 545. The van der Waals surface area contributed by atoms with Gasteiger partial charge in [0, 0.05) is 12.7 Å². The number of aliphatic carboxylic acids is 1. The van der Waals surface area contributed by atoms with Crippen LogP contribution in [0.25, 0.3) is 0 Å². The van der Waals surface area contributed by atoms with Crippen LogP contribution in [0.15, 0.2) is 12.4 Å². The first-order valence-electron chi connectivity index (χ1n) is 7.29. The Kier molecular flexibility index (Phi) is 4.07. The van der Waals surface area contributed by atoms with Crippen molar-refractivity contribution in [2.75, 3.05) is 6.54 Å².